The van der Waals surface area contributed by atoms with Crippen molar-refractivity contribution in [3.8, 4) is 0 Å². The SMILES string of the molecule is O=C(c1cc(=O)c2ccccc2[nH]1)N1CCC(c2ncc[nH]2)CC1. The molecule has 0 atom stereocenters. The van der Waals surface area contributed by atoms with E-state index in [0.29, 0.717) is 35.6 Å². The molecule has 0 radical (unpaired) electrons. The van der Waals surface area contributed by atoms with Gasteiger partial charge in [0.15, 0.2) is 5.43 Å². The van der Waals surface area contributed by atoms with Crippen LogP contribution in [0.2, 0.25) is 0 Å². The molecule has 3 heterocycles. The zero-order valence-electron chi connectivity index (χ0n) is 13.2. The summed E-state index contributed by atoms with van der Waals surface area (Å²) in [4.78, 5) is 37.3. The van der Waals surface area contributed by atoms with Crippen LogP contribution in [-0.2, 0) is 0 Å². The first-order chi connectivity index (χ1) is 11.7. The molecule has 1 fully saturated rings. The molecule has 0 spiro atoms. The van der Waals surface area contributed by atoms with E-state index in [1.54, 1.807) is 17.2 Å². The molecule has 2 aromatic heterocycles. The van der Waals surface area contributed by atoms with E-state index in [1.165, 1.54) is 6.07 Å². The minimum Gasteiger partial charge on any atom is -0.350 e. The van der Waals surface area contributed by atoms with Gasteiger partial charge in [-0.3, -0.25) is 9.59 Å². The van der Waals surface area contributed by atoms with Gasteiger partial charge in [0.05, 0.1) is 0 Å². The Morgan fingerprint density at radius 1 is 1.21 bits per heavy atom. The van der Waals surface area contributed by atoms with Crippen LogP contribution in [0.25, 0.3) is 10.9 Å². The highest BCUT2D eigenvalue weighted by molar-refractivity contribution is 5.94. The van der Waals surface area contributed by atoms with E-state index in [2.05, 4.69) is 15.0 Å². The Balaban J connectivity index is 1.53. The topological polar surface area (TPSA) is 81.8 Å². The second kappa shape index (κ2) is 5.96. The highest BCUT2D eigenvalue weighted by atomic mass is 16.2. The van der Waals surface area contributed by atoms with Crippen LogP contribution in [0.3, 0.4) is 0 Å². The number of piperidine rings is 1. The summed E-state index contributed by atoms with van der Waals surface area (Å²) in [6.07, 6.45) is 5.33. The lowest BCUT2D eigenvalue weighted by atomic mass is 9.96. The third kappa shape index (κ3) is 2.60. The van der Waals surface area contributed by atoms with Crippen molar-refractivity contribution in [1.82, 2.24) is 19.9 Å². The summed E-state index contributed by atoms with van der Waals surface area (Å²) in [5, 5.41) is 0.602. The van der Waals surface area contributed by atoms with Gasteiger partial charge in [0.2, 0.25) is 0 Å². The average molecular weight is 322 g/mol. The first-order valence-corrected chi connectivity index (χ1v) is 8.13. The lowest BCUT2D eigenvalue weighted by Gasteiger charge is -2.31. The second-order valence-electron chi connectivity index (χ2n) is 6.13. The van der Waals surface area contributed by atoms with Crippen LogP contribution in [-0.4, -0.2) is 38.8 Å². The first kappa shape index (κ1) is 14.7. The van der Waals surface area contributed by atoms with Gasteiger partial charge in [0.1, 0.15) is 11.5 Å². The van der Waals surface area contributed by atoms with Crippen molar-refractivity contribution in [3.05, 3.63) is 64.5 Å². The maximum absolute atomic E-state index is 12.7. The lowest BCUT2D eigenvalue weighted by Crippen LogP contribution is -2.38. The van der Waals surface area contributed by atoms with E-state index in [-0.39, 0.29) is 11.3 Å². The third-order valence-electron chi connectivity index (χ3n) is 4.66. The molecule has 122 valence electrons. The number of hydrogen-bond acceptors (Lipinski definition) is 3. The van der Waals surface area contributed by atoms with Crippen LogP contribution in [0.15, 0.2) is 47.5 Å². The Morgan fingerprint density at radius 3 is 2.75 bits per heavy atom. The van der Waals surface area contributed by atoms with Gasteiger partial charge < -0.3 is 14.9 Å². The number of aromatic nitrogens is 3. The maximum atomic E-state index is 12.7. The van der Waals surface area contributed by atoms with Crippen LogP contribution < -0.4 is 5.43 Å². The molecule has 0 unspecified atom stereocenters. The van der Waals surface area contributed by atoms with E-state index in [4.69, 9.17) is 0 Å². The van der Waals surface area contributed by atoms with Crippen LogP contribution in [0.4, 0.5) is 0 Å². The van der Waals surface area contributed by atoms with Gasteiger partial charge in [0.25, 0.3) is 5.91 Å². The molecule has 0 saturated carbocycles. The minimum atomic E-state index is -0.127. The molecule has 4 rings (SSSR count). The molecule has 0 bridgehead atoms. The Bertz CT molecular complexity index is 922. The summed E-state index contributed by atoms with van der Waals surface area (Å²) in [6, 6.07) is 8.65. The predicted molar refractivity (Wildman–Crippen MR) is 91.0 cm³/mol. The van der Waals surface area contributed by atoms with Gasteiger partial charge in [-0.25, -0.2) is 4.98 Å². The number of carbonyl (C=O) groups is 1. The fraction of sp³-hybridized carbons (Fsp3) is 0.278. The smallest absolute Gasteiger partial charge is 0.270 e. The Labute approximate surface area is 138 Å². The number of aromatic amines is 2. The van der Waals surface area contributed by atoms with Crippen LogP contribution in [0, 0.1) is 0 Å². The molecule has 6 heteroatoms. The van der Waals surface area contributed by atoms with Crippen molar-refractivity contribution >= 4 is 16.8 Å². The number of benzene rings is 1. The molecular formula is C18H18N4O2. The van der Waals surface area contributed by atoms with Crippen molar-refractivity contribution < 1.29 is 4.79 Å². The number of nitrogens with zero attached hydrogens (tertiary/aromatic N) is 2. The van der Waals surface area contributed by atoms with Gasteiger partial charge in [-0.05, 0) is 25.0 Å². The minimum absolute atomic E-state index is 0.115. The summed E-state index contributed by atoms with van der Waals surface area (Å²) in [6.45, 7) is 1.33. The molecule has 3 aromatic rings. The molecular weight excluding hydrogens is 304 g/mol. The van der Waals surface area contributed by atoms with Crippen molar-refractivity contribution in [1.29, 1.82) is 0 Å². The number of likely N-dealkylation sites (tertiary alicyclic amines) is 1. The zero-order chi connectivity index (χ0) is 16.5. The third-order valence-corrected chi connectivity index (χ3v) is 4.66. The fourth-order valence-electron chi connectivity index (χ4n) is 3.34. The fourth-order valence-corrected chi connectivity index (χ4v) is 3.34. The number of para-hydroxylation sites is 1. The van der Waals surface area contributed by atoms with Gasteiger partial charge >= 0.3 is 0 Å². The molecule has 1 saturated heterocycles. The molecule has 6 nitrogen and oxygen atoms in total. The van der Waals surface area contributed by atoms with E-state index in [1.807, 2.05) is 24.4 Å². The first-order valence-electron chi connectivity index (χ1n) is 8.13. The molecule has 1 amide bonds. The number of pyridine rings is 1. The van der Waals surface area contributed by atoms with Crippen LogP contribution in [0.1, 0.15) is 35.1 Å². The Kier molecular flexibility index (Phi) is 3.65. The van der Waals surface area contributed by atoms with E-state index in [9.17, 15) is 9.59 Å². The molecule has 24 heavy (non-hydrogen) atoms. The number of amides is 1. The Hall–Kier alpha value is -2.89. The highest BCUT2D eigenvalue weighted by Gasteiger charge is 2.26. The molecule has 1 aliphatic heterocycles. The van der Waals surface area contributed by atoms with Crippen molar-refractivity contribution in [3.63, 3.8) is 0 Å². The number of imidazole rings is 1. The summed E-state index contributed by atoms with van der Waals surface area (Å²) in [5.74, 6) is 1.23. The summed E-state index contributed by atoms with van der Waals surface area (Å²) < 4.78 is 0. The average Bonchev–Trinajstić information content (AvgIpc) is 3.16. The van der Waals surface area contributed by atoms with Crippen molar-refractivity contribution in [2.45, 2.75) is 18.8 Å². The summed E-state index contributed by atoms with van der Waals surface area (Å²) in [7, 11) is 0. The van der Waals surface area contributed by atoms with E-state index < -0.39 is 0 Å². The molecule has 2 N–H and O–H groups in total. The number of nitrogens with one attached hydrogen (secondary N) is 2. The van der Waals surface area contributed by atoms with Gasteiger partial charge in [-0.2, -0.15) is 0 Å². The molecule has 1 aromatic carbocycles. The summed E-state index contributed by atoms with van der Waals surface area (Å²) >= 11 is 0. The number of rotatable bonds is 2. The number of hydrogen-bond donors (Lipinski definition) is 2. The number of H-pyrrole nitrogens is 2. The van der Waals surface area contributed by atoms with Crippen LogP contribution in [0.5, 0.6) is 0 Å². The number of fused-ring (bicyclic) bond motifs is 1. The standard InChI is InChI=1S/C18H18N4O2/c23-16-11-15(21-14-4-2-1-3-13(14)16)18(24)22-9-5-12(6-10-22)17-19-7-8-20-17/h1-4,7-8,11-12H,5-6,9-10H2,(H,19,20)(H,21,23). The van der Waals surface area contributed by atoms with Crippen LogP contribution >= 0.6 is 0 Å². The number of carbonyl (C=O) groups excluding carboxylic acids is 1. The van der Waals surface area contributed by atoms with E-state index in [0.717, 1.165) is 18.7 Å². The van der Waals surface area contributed by atoms with Gasteiger partial charge in [-0.1, -0.05) is 12.1 Å². The highest BCUT2D eigenvalue weighted by Crippen LogP contribution is 2.26. The van der Waals surface area contributed by atoms with Gasteiger partial charge in [0, 0.05) is 48.4 Å². The maximum Gasteiger partial charge on any atom is 0.270 e. The zero-order valence-corrected chi connectivity index (χ0v) is 13.2. The second-order valence-corrected chi connectivity index (χ2v) is 6.13. The van der Waals surface area contributed by atoms with Crippen molar-refractivity contribution in [2.75, 3.05) is 13.1 Å². The Morgan fingerprint density at radius 2 is 2.00 bits per heavy atom. The normalized spacial score (nSPS) is 15.8. The monoisotopic (exact) mass is 322 g/mol. The van der Waals surface area contributed by atoms with Crippen molar-refractivity contribution in [2.24, 2.45) is 0 Å². The quantitative estimate of drug-likeness (QED) is 0.759. The van der Waals surface area contributed by atoms with Gasteiger partial charge in [-0.15, -0.1) is 0 Å². The predicted octanol–water partition coefficient (Wildman–Crippen LogP) is 2.27. The molecule has 1 aliphatic rings. The largest absolute Gasteiger partial charge is 0.350 e. The van der Waals surface area contributed by atoms with E-state index >= 15 is 0 Å². The molecule has 0 aliphatic carbocycles. The summed E-state index contributed by atoms with van der Waals surface area (Å²) in [5.41, 5.74) is 0.923. The lowest BCUT2D eigenvalue weighted by molar-refractivity contribution is 0.0705.